The maximum absolute atomic E-state index is 11.4. The molecule has 0 aliphatic carbocycles. The highest BCUT2D eigenvalue weighted by Gasteiger charge is 2.47. The van der Waals surface area contributed by atoms with Crippen molar-refractivity contribution >= 4 is 28.6 Å². The van der Waals surface area contributed by atoms with Gasteiger partial charge in [-0.1, -0.05) is 22.6 Å². The Morgan fingerprint density at radius 3 is 1.95 bits per heavy atom. The lowest BCUT2D eigenvalue weighted by molar-refractivity contribution is -0.173. The zero-order valence-corrected chi connectivity index (χ0v) is 15.2. The van der Waals surface area contributed by atoms with Gasteiger partial charge in [0.25, 0.3) is 0 Å². The summed E-state index contributed by atoms with van der Waals surface area (Å²) in [5.74, 6) is -1.61. The third-order valence-corrected chi connectivity index (χ3v) is 4.91. The van der Waals surface area contributed by atoms with Crippen molar-refractivity contribution < 1.29 is 28.5 Å². The van der Waals surface area contributed by atoms with Gasteiger partial charge in [-0.25, -0.2) is 0 Å². The van der Waals surface area contributed by atoms with E-state index in [1.807, 2.05) is 27.7 Å². The summed E-state index contributed by atoms with van der Waals surface area (Å²) >= 11 is 2.24. The smallest absolute Gasteiger partial charge is 0.303 e. The van der Waals surface area contributed by atoms with E-state index in [1.54, 1.807) is 0 Å². The molecule has 2 fully saturated rings. The summed E-state index contributed by atoms with van der Waals surface area (Å²) in [6.45, 7) is 9.69. The topological polar surface area (TPSA) is 63.2 Å². The summed E-state index contributed by atoms with van der Waals surface area (Å²) in [5, 5.41) is 0. The highest BCUT2D eigenvalue weighted by Crippen LogP contribution is 2.34. The first-order valence-corrected chi connectivity index (χ1v) is 8.29. The van der Waals surface area contributed by atoms with Gasteiger partial charge >= 0.3 is 5.97 Å². The third kappa shape index (κ3) is 4.51. The Bertz CT molecular complexity index is 397. The van der Waals surface area contributed by atoms with Crippen molar-refractivity contribution in [3.63, 3.8) is 0 Å². The Morgan fingerprint density at radius 2 is 1.57 bits per heavy atom. The van der Waals surface area contributed by atoms with Crippen LogP contribution in [0, 0.1) is 0 Å². The van der Waals surface area contributed by atoms with Crippen LogP contribution in [0.4, 0.5) is 0 Å². The molecule has 0 aromatic heterocycles. The molecule has 0 aromatic carbocycles. The van der Waals surface area contributed by atoms with Crippen LogP contribution >= 0.6 is 22.6 Å². The largest absolute Gasteiger partial charge is 0.458 e. The van der Waals surface area contributed by atoms with E-state index in [9.17, 15) is 4.79 Å². The number of hydrogen-bond acceptors (Lipinski definition) is 6. The number of alkyl halides is 1. The molecule has 0 saturated carbocycles. The molecule has 0 unspecified atom stereocenters. The van der Waals surface area contributed by atoms with E-state index in [1.165, 1.54) is 6.92 Å². The quantitative estimate of drug-likeness (QED) is 0.399. The zero-order valence-electron chi connectivity index (χ0n) is 13.1. The summed E-state index contributed by atoms with van der Waals surface area (Å²) in [4.78, 5) is 11.4. The molecule has 2 heterocycles. The molecule has 7 heteroatoms. The molecule has 2 rings (SSSR count). The molecule has 2 saturated heterocycles. The molecule has 2 aliphatic heterocycles. The maximum Gasteiger partial charge on any atom is 0.303 e. The number of esters is 1. The summed E-state index contributed by atoms with van der Waals surface area (Å²) in [6.07, 6.45) is -0.900. The second-order valence-corrected chi connectivity index (χ2v) is 7.69. The van der Waals surface area contributed by atoms with E-state index < -0.39 is 17.7 Å². The van der Waals surface area contributed by atoms with Gasteiger partial charge < -0.3 is 23.7 Å². The molecule has 0 bridgehead atoms. The Hall–Kier alpha value is 0.0400. The van der Waals surface area contributed by atoms with Crippen molar-refractivity contribution in [2.45, 2.75) is 68.4 Å². The first-order valence-electron chi connectivity index (χ1n) is 7.04. The minimum Gasteiger partial charge on any atom is -0.458 e. The number of carbonyl (C=O) groups excluding carboxylic acids is 1. The van der Waals surface area contributed by atoms with Gasteiger partial charge in [0.15, 0.2) is 11.6 Å². The van der Waals surface area contributed by atoms with Crippen LogP contribution in [0.3, 0.4) is 0 Å². The molecular weight excluding hydrogens is 391 g/mol. The zero-order chi connectivity index (χ0) is 15.8. The highest BCUT2D eigenvalue weighted by atomic mass is 127. The molecule has 21 heavy (non-hydrogen) atoms. The molecule has 0 radical (unpaired) electrons. The SMILES string of the molecule is CC(=O)O[C@@H]([C@H](I)[C@H]1COC(C)(C)O1)[C@H]1COC(C)(C)O1. The lowest BCUT2D eigenvalue weighted by atomic mass is 10.1. The maximum atomic E-state index is 11.4. The molecule has 0 N–H and O–H groups in total. The van der Waals surface area contributed by atoms with Crippen LogP contribution in [0.5, 0.6) is 0 Å². The molecule has 0 aromatic rings. The predicted molar refractivity (Wildman–Crippen MR) is 83.2 cm³/mol. The lowest BCUT2D eigenvalue weighted by Gasteiger charge is -2.30. The van der Waals surface area contributed by atoms with E-state index >= 15 is 0 Å². The number of ether oxygens (including phenoxy) is 5. The normalized spacial score (nSPS) is 33.6. The number of carbonyl (C=O) groups is 1. The molecule has 6 nitrogen and oxygen atoms in total. The number of rotatable bonds is 4. The van der Waals surface area contributed by atoms with Crippen LogP contribution in [0.1, 0.15) is 34.6 Å². The van der Waals surface area contributed by atoms with E-state index in [4.69, 9.17) is 23.7 Å². The molecule has 0 spiro atoms. The van der Waals surface area contributed by atoms with E-state index in [0.29, 0.717) is 13.2 Å². The molecular formula is C14H23IO6. The second kappa shape index (κ2) is 6.27. The standard InChI is InChI=1S/C14H23IO6/c1-8(16)19-12(10-7-18-14(4,5)21-10)11(15)9-6-17-13(2,3)20-9/h9-12H,6-7H2,1-5H3/t9-,10-,11-,12-/m1/s1. The van der Waals surface area contributed by atoms with Crippen molar-refractivity contribution in [3.8, 4) is 0 Å². The van der Waals surface area contributed by atoms with Crippen LogP contribution in [-0.2, 0) is 28.5 Å². The van der Waals surface area contributed by atoms with Crippen LogP contribution in [0.2, 0.25) is 0 Å². The van der Waals surface area contributed by atoms with Crippen molar-refractivity contribution in [2.75, 3.05) is 13.2 Å². The molecule has 0 amide bonds. The van der Waals surface area contributed by atoms with Crippen LogP contribution in [-0.4, -0.2) is 53.0 Å². The van der Waals surface area contributed by atoms with Crippen molar-refractivity contribution in [2.24, 2.45) is 0 Å². The average Bonchev–Trinajstić information content (AvgIpc) is 2.87. The van der Waals surface area contributed by atoms with Gasteiger partial charge in [-0.15, -0.1) is 0 Å². The van der Waals surface area contributed by atoms with Crippen molar-refractivity contribution in [3.05, 3.63) is 0 Å². The van der Waals surface area contributed by atoms with Gasteiger partial charge in [0.05, 0.1) is 23.2 Å². The number of hydrogen-bond donors (Lipinski definition) is 0. The third-order valence-electron chi connectivity index (χ3n) is 3.40. The first kappa shape index (κ1) is 17.4. The second-order valence-electron chi connectivity index (χ2n) is 6.25. The fraction of sp³-hybridized carbons (Fsp3) is 0.929. The van der Waals surface area contributed by atoms with Crippen molar-refractivity contribution in [1.82, 2.24) is 0 Å². The summed E-state index contributed by atoms with van der Waals surface area (Å²) in [7, 11) is 0. The Labute approximate surface area is 138 Å². The minimum atomic E-state index is -0.661. The Morgan fingerprint density at radius 1 is 1.10 bits per heavy atom. The Balaban J connectivity index is 2.07. The van der Waals surface area contributed by atoms with E-state index in [-0.39, 0.29) is 22.1 Å². The van der Waals surface area contributed by atoms with Gasteiger partial charge in [0.2, 0.25) is 0 Å². The van der Waals surface area contributed by atoms with Gasteiger partial charge in [0, 0.05) is 6.92 Å². The average molecular weight is 414 g/mol. The minimum absolute atomic E-state index is 0.0872. The molecule has 122 valence electrons. The van der Waals surface area contributed by atoms with Gasteiger partial charge in [-0.05, 0) is 27.7 Å². The van der Waals surface area contributed by atoms with E-state index in [2.05, 4.69) is 22.6 Å². The molecule has 4 atom stereocenters. The Kier molecular flexibility index (Phi) is 5.19. The number of halogens is 1. The first-order chi connectivity index (χ1) is 9.60. The van der Waals surface area contributed by atoms with Crippen molar-refractivity contribution in [1.29, 1.82) is 0 Å². The van der Waals surface area contributed by atoms with Crippen LogP contribution in [0.25, 0.3) is 0 Å². The summed E-state index contributed by atoms with van der Waals surface area (Å²) in [6, 6.07) is 0. The summed E-state index contributed by atoms with van der Waals surface area (Å²) < 4.78 is 28.3. The van der Waals surface area contributed by atoms with Gasteiger partial charge in [-0.3, -0.25) is 4.79 Å². The monoisotopic (exact) mass is 414 g/mol. The fourth-order valence-electron chi connectivity index (χ4n) is 2.50. The van der Waals surface area contributed by atoms with Crippen LogP contribution in [0.15, 0.2) is 0 Å². The van der Waals surface area contributed by atoms with Crippen LogP contribution < -0.4 is 0 Å². The molecule has 2 aliphatic rings. The van der Waals surface area contributed by atoms with Gasteiger partial charge in [0.1, 0.15) is 12.2 Å². The van der Waals surface area contributed by atoms with Gasteiger partial charge in [-0.2, -0.15) is 0 Å². The lowest BCUT2D eigenvalue weighted by Crippen LogP contribution is -2.46. The fourth-order valence-corrected chi connectivity index (χ4v) is 3.46. The predicted octanol–water partition coefficient (Wildman–Crippen LogP) is 2.02. The van der Waals surface area contributed by atoms with E-state index in [0.717, 1.165) is 0 Å². The summed E-state index contributed by atoms with van der Waals surface area (Å²) in [5.41, 5.74) is 0. The highest BCUT2D eigenvalue weighted by molar-refractivity contribution is 14.1.